The highest BCUT2D eigenvalue weighted by Crippen LogP contribution is 2.28. The molecule has 142 valence electrons. The van der Waals surface area contributed by atoms with Gasteiger partial charge in [0, 0.05) is 13.5 Å². The minimum absolute atomic E-state index is 0.0354. The smallest absolute Gasteiger partial charge is 0.309 e. The molecule has 1 aromatic carbocycles. The molecule has 2 rings (SSSR count). The molecule has 0 aromatic heterocycles. The first-order valence-corrected chi connectivity index (χ1v) is 8.95. The second-order valence-electron chi connectivity index (χ2n) is 6.23. The topological polar surface area (TPSA) is 65.1 Å². The van der Waals surface area contributed by atoms with Crippen LogP contribution in [0.3, 0.4) is 0 Å². The molecule has 26 heavy (non-hydrogen) atoms. The third-order valence-electron chi connectivity index (χ3n) is 4.32. The van der Waals surface area contributed by atoms with Gasteiger partial charge in [0.15, 0.2) is 11.5 Å². The zero-order chi connectivity index (χ0) is 18.9. The molecule has 0 N–H and O–H groups in total. The lowest BCUT2D eigenvalue weighted by Gasteiger charge is -2.29. The quantitative estimate of drug-likeness (QED) is 0.550. The van der Waals surface area contributed by atoms with E-state index in [-0.39, 0.29) is 17.9 Å². The van der Waals surface area contributed by atoms with E-state index in [1.165, 1.54) is 6.92 Å². The van der Waals surface area contributed by atoms with Gasteiger partial charge < -0.3 is 14.2 Å². The average molecular weight is 361 g/mol. The van der Waals surface area contributed by atoms with Crippen molar-refractivity contribution in [3.63, 3.8) is 0 Å². The van der Waals surface area contributed by atoms with E-state index in [4.69, 9.17) is 14.2 Å². The van der Waals surface area contributed by atoms with Crippen LogP contribution in [0.1, 0.15) is 32.3 Å². The third kappa shape index (κ3) is 5.88. The van der Waals surface area contributed by atoms with E-state index in [0.29, 0.717) is 18.1 Å². The van der Waals surface area contributed by atoms with Gasteiger partial charge in [0.05, 0.1) is 19.6 Å². The number of likely N-dealkylation sites (tertiary alicyclic amines) is 1. The van der Waals surface area contributed by atoms with Crippen LogP contribution >= 0.6 is 0 Å². The highest BCUT2D eigenvalue weighted by Gasteiger charge is 2.25. The van der Waals surface area contributed by atoms with Crippen molar-refractivity contribution in [3.8, 4) is 11.5 Å². The summed E-state index contributed by atoms with van der Waals surface area (Å²) in [6.45, 7) is 6.25. The predicted octanol–water partition coefficient (Wildman–Crippen LogP) is 2.91. The van der Waals surface area contributed by atoms with Gasteiger partial charge in [0.1, 0.15) is 0 Å². The van der Waals surface area contributed by atoms with Gasteiger partial charge in [-0.05, 0) is 50.6 Å². The molecule has 0 amide bonds. The fraction of sp³-hybridized carbons (Fsp3) is 0.500. The fourth-order valence-corrected chi connectivity index (χ4v) is 2.98. The lowest BCUT2D eigenvalue weighted by atomic mass is 9.97. The van der Waals surface area contributed by atoms with Gasteiger partial charge in [0.25, 0.3) is 0 Å². The van der Waals surface area contributed by atoms with E-state index < -0.39 is 0 Å². The molecule has 1 fully saturated rings. The minimum atomic E-state index is -0.377. The molecule has 0 saturated carbocycles. The Hall–Kier alpha value is -2.34. The summed E-state index contributed by atoms with van der Waals surface area (Å²) in [7, 11) is 1.55. The number of hydrogen-bond acceptors (Lipinski definition) is 6. The van der Waals surface area contributed by atoms with Crippen molar-refractivity contribution in [2.24, 2.45) is 5.92 Å². The largest absolute Gasteiger partial charge is 0.493 e. The number of ether oxygens (including phenoxy) is 3. The van der Waals surface area contributed by atoms with Crippen molar-refractivity contribution in [3.05, 3.63) is 29.8 Å². The number of carbonyl (C=O) groups excluding carboxylic acids is 2. The molecule has 1 aromatic rings. The minimum Gasteiger partial charge on any atom is -0.493 e. The normalized spacial score (nSPS) is 15.8. The SMILES string of the molecule is CCOC(=O)C1CCN(CC=Cc2ccc(OC(C)=O)c(OC)c2)CC1. The van der Waals surface area contributed by atoms with Crippen LogP contribution in [-0.2, 0) is 14.3 Å². The second-order valence-corrected chi connectivity index (χ2v) is 6.23. The molecule has 0 bridgehead atoms. The van der Waals surface area contributed by atoms with E-state index in [0.717, 1.165) is 38.0 Å². The highest BCUT2D eigenvalue weighted by atomic mass is 16.6. The molecule has 6 heteroatoms. The van der Waals surface area contributed by atoms with Gasteiger partial charge in [-0.15, -0.1) is 0 Å². The van der Waals surface area contributed by atoms with E-state index >= 15 is 0 Å². The number of nitrogens with zero attached hydrogens (tertiary/aromatic N) is 1. The van der Waals surface area contributed by atoms with Crippen molar-refractivity contribution in [2.75, 3.05) is 33.4 Å². The maximum Gasteiger partial charge on any atom is 0.309 e. The average Bonchev–Trinajstić information content (AvgIpc) is 2.63. The van der Waals surface area contributed by atoms with Gasteiger partial charge in [-0.3, -0.25) is 14.5 Å². The van der Waals surface area contributed by atoms with Crippen molar-refractivity contribution >= 4 is 18.0 Å². The van der Waals surface area contributed by atoms with Gasteiger partial charge >= 0.3 is 11.9 Å². The Morgan fingerprint density at radius 2 is 1.96 bits per heavy atom. The molecule has 1 aliphatic heterocycles. The summed E-state index contributed by atoms with van der Waals surface area (Å²) < 4.78 is 15.5. The maximum absolute atomic E-state index is 11.8. The first-order chi connectivity index (χ1) is 12.5. The summed E-state index contributed by atoms with van der Waals surface area (Å²) in [5.74, 6) is 0.532. The fourth-order valence-electron chi connectivity index (χ4n) is 2.98. The van der Waals surface area contributed by atoms with Crippen LogP contribution in [0.2, 0.25) is 0 Å². The van der Waals surface area contributed by atoms with Gasteiger partial charge in [-0.25, -0.2) is 0 Å². The first kappa shape index (κ1) is 20.0. The van der Waals surface area contributed by atoms with Gasteiger partial charge in [-0.2, -0.15) is 0 Å². The summed E-state index contributed by atoms with van der Waals surface area (Å²) >= 11 is 0. The zero-order valence-corrected chi connectivity index (χ0v) is 15.7. The summed E-state index contributed by atoms with van der Waals surface area (Å²) in [6, 6.07) is 5.44. The Labute approximate surface area is 154 Å². The van der Waals surface area contributed by atoms with Crippen LogP contribution in [0.25, 0.3) is 6.08 Å². The predicted molar refractivity (Wildman–Crippen MR) is 99.1 cm³/mol. The van der Waals surface area contributed by atoms with Crippen LogP contribution in [0.5, 0.6) is 11.5 Å². The van der Waals surface area contributed by atoms with Crippen molar-refractivity contribution in [1.29, 1.82) is 0 Å². The number of piperidine rings is 1. The van der Waals surface area contributed by atoms with E-state index in [2.05, 4.69) is 11.0 Å². The molecule has 0 unspecified atom stereocenters. The molecule has 1 heterocycles. The molecule has 1 aliphatic rings. The van der Waals surface area contributed by atoms with Gasteiger partial charge in [0.2, 0.25) is 0 Å². The summed E-state index contributed by atoms with van der Waals surface area (Å²) in [5.41, 5.74) is 0.971. The Bertz CT molecular complexity index is 648. The number of hydrogen-bond donors (Lipinski definition) is 0. The Kier molecular flexibility index (Phi) is 7.66. The van der Waals surface area contributed by atoms with Crippen LogP contribution < -0.4 is 9.47 Å². The number of carbonyl (C=O) groups is 2. The molecule has 0 radical (unpaired) electrons. The van der Waals surface area contributed by atoms with Crippen LogP contribution in [0, 0.1) is 5.92 Å². The summed E-state index contributed by atoms with van der Waals surface area (Å²) in [4.78, 5) is 25.2. The van der Waals surface area contributed by atoms with Gasteiger partial charge in [-0.1, -0.05) is 18.2 Å². The van der Waals surface area contributed by atoms with Crippen molar-refractivity contribution < 1.29 is 23.8 Å². The van der Waals surface area contributed by atoms with E-state index in [9.17, 15) is 9.59 Å². The zero-order valence-electron chi connectivity index (χ0n) is 15.7. The first-order valence-electron chi connectivity index (χ1n) is 8.95. The summed E-state index contributed by atoms with van der Waals surface area (Å²) in [5, 5.41) is 0. The second kappa shape index (κ2) is 9.97. The number of esters is 2. The van der Waals surface area contributed by atoms with Crippen LogP contribution in [0.4, 0.5) is 0 Å². The highest BCUT2D eigenvalue weighted by molar-refractivity contribution is 5.72. The third-order valence-corrected chi connectivity index (χ3v) is 4.32. The van der Waals surface area contributed by atoms with Crippen molar-refractivity contribution in [2.45, 2.75) is 26.7 Å². The van der Waals surface area contributed by atoms with Crippen LogP contribution in [0.15, 0.2) is 24.3 Å². The molecular formula is C20H27NO5. The molecule has 0 atom stereocenters. The number of rotatable bonds is 7. The maximum atomic E-state index is 11.8. The number of benzene rings is 1. The van der Waals surface area contributed by atoms with E-state index in [1.807, 2.05) is 25.1 Å². The molecule has 0 aliphatic carbocycles. The molecule has 0 spiro atoms. The molecular weight excluding hydrogens is 334 g/mol. The Morgan fingerprint density at radius 3 is 2.58 bits per heavy atom. The van der Waals surface area contributed by atoms with Crippen molar-refractivity contribution in [1.82, 2.24) is 4.90 Å². The van der Waals surface area contributed by atoms with Crippen LogP contribution in [-0.4, -0.2) is 50.2 Å². The standard InChI is InChI=1S/C20H27NO5/c1-4-25-20(23)17-9-12-21(13-10-17)11-5-6-16-7-8-18(26-15(2)22)19(14-16)24-3/h5-8,14,17H,4,9-13H2,1-3H3. The lowest BCUT2D eigenvalue weighted by Crippen LogP contribution is -2.36. The molecule has 6 nitrogen and oxygen atoms in total. The molecule has 1 saturated heterocycles. The number of methoxy groups -OCH3 is 1. The lowest BCUT2D eigenvalue weighted by molar-refractivity contribution is -0.149. The Morgan fingerprint density at radius 1 is 1.23 bits per heavy atom. The van der Waals surface area contributed by atoms with E-state index in [1.54, 1.807) is 13.2 Å². The monoisotopic (exact) mass is 361 g/mol. The Balaban J connectivity index is 1.85. The summed E-state index contributed by atoms with van der Waals surface area (Å²) in [6.07, 6.45) is 5.79.